The molecule has 0 spiro atoms. The van der Waals surface area contributed by atoms with Crippen molar-refractivity contribution in [2.75, 3.05) is 44.6 Å². The average molecular weight is 269 g/mol. The number of hydrogen-bond donors (Lipinski definition) is 1. The largest absolute Gasteiger partial charge is 0.389 e. The number of rotatable bonds is 5. The van der Waals surface area contributed by atoms with Gasteiger partial charge in [0.05, 0.1) is 12.7 Å². The number of methoxy groups -OCH3 is 1. The van der Waals surface area contributed by atoms with Crippen molar-refractivity contribution in [1.82, 2.24) is 4.90 Å². The molecule has 5 nitrogen and oxygen atoms in total. The molecule has 1 rings (SSSR count). The highest BCUT2D eigenvalue weighted by atomic mass is 32.2. The van der Waals surface area contributed by atoms with Crippen LogP contribution in [0.5, 0.6) is 0 Å². The molecule has 1 aliphatic heterocycles. The van der Waals surface area contributed by atoms with Gasteiger partial charge >= 0.3 is 0 Å². The Morgan fingerprint density at radius 1 is 1.62 bits per heavy atom. The van der Waals surface area contributed by atoms with Crippen LogP contribution in [0.2, 0.25) is 0 Å². The van der Waals surface area contributed by atoms with E-state index in [1.54, 1.807) is 11.8 Å². The van der Waals surface area contributed by atoms with Crippen molar-refractivity contribution in [3.05, 3.63) is 0 Å². The first-order valence-corrected chi connectivity index (χ1v) is 8.23. The molecule has 2 unspecified atom stereocenters. The molecule has 1 saturated heterocycles. The summed E-state index contributed by atoms with van der Waals surface area (Å²) in [5, 5.41) is 9.14. The number of aliphatic hydroxyl groups excluding tert-OH is 1. The van der Waals surface area contributed by atoms with Gasteiger partial charge in [-0.1, -0.05) is 0 Å². The molecule has 2 atom stereocenters. The average Bonchev–Trinajstić information content (AvgIpc) is 2.17. The number of nitrogens with zero attached hydrogens (tertiary/aromatic N) is 1. The van der Waals surface area contributed by atoms with Crippen LogP contribution in [0.1, 0.15) is 0 Å². The molecule has 0 saturated carbocycles. The monoisotopic (exact) mass is 269 g/mol. The Morgan fingerprint density at radius 3 is 2.88 bits per heavy atom. The zero-order valence-corrected chi connectivity index (χ0v) is 11.3. The van der Waals surface area contributed by atoms with Gasteiger partial charge < -0.3 is 9.84 Å². The van der Waals surface area contributed by atoms with Crippen LogP contribution in [0, 0.1) is 0 Å². The summed E-state index contributed by atoms with van der Waals surface area (Å²) in [5.41, 5.74) is 0. The van der Waals surface area contributed by atoms with Crippen LogP contribution in [0.4, 0.5) is 0 Å². The second-order valence-electron chi connectivity index (χ2n) is 3.96. The first kappa shape index (κ1) is 14.2. The van der Waals surface area contributed by atoms with Gasteiger partial charge in [-0.15, -0.1) is 0 Å². The fourth-order valence-corrected chi connectivity index (χ4v) is 4.69. The minimum atomic E-state index is -3.08. The number of ether oxygens (including phenoxy) is 1. The van der Waals surface area contributed by atoms with E-state index in [9.17, 15) is 13.5 Å². The Kier molecular flexibility index (Phi) is 5.52. The van der Waals surface area contributed by atoms with Crippen LogP contribution in [0.25, 0.3) is 0 Å². The summed E-state index contributed by atoms with van der Waals surface area (Å²) < 4.78 is 28.0. The maximum atomic E-state index is 11.6. The summed E-state index contributed by atoms with van der Waals surface area (Å²) in [6, 6.07) is 0. The molecule has 16 heavy (non-hydrogen) atoms. The number of aliphatic hydroxyl groups is 1. The quantitative estimate of drug-likeness (QED) is 0.720. The van der Waals surface area contributed by atoms with E-state index in [1.807, 2.05) is 4.90 Å². The van der Waals surface area contributed by atoms with Crippen LogP contribution >= 0.6 is 11.8 Å². The molecule has 0 aromatic heterocycles. The smallest absolute Gasteiger partial charge is 0.164 e. The van der Waals surface area contributed by atoms with Crippen LogP contribution in [0.15, 0.2) is 0 Å². The molecule has 1 fully saturated rings. The molecule has 0 amide bonds. The molecule has 0 aliphatic carbocycles. The van der Waals surface area contributed by atoms with E-state index < -0.39 is 21.3 Å². The fraction of sp³-hybridized carbons (Fsp3) is 1.00. The number of sulfone groups is 1. The topological polar surface area (TPSA) is 66.8 Å². The Bertz CT molecular complexity index is 307. The first-order chi connectivity index (χ1) is 7.45. The molecule has 1 N–H and O–H groups in total. The van der Waals surface area contributed by atoms with Gasteiger partial charge in [0.2, 0.25) is 0 Å². The van der Waals surface area contributed by atoms with Crippen molar-refractivity contribution in [1.29, 1.82) is 0 Å². The highest BCUT2D eigenvalue weighted by Gasteiger charge is 2.31. The maximum Gasteiger partial charge on any atom is 0.164 e. The van der Waals surface area contributed by atoms with Gasteiger partial charge in [-0.25, -0.2) is 8.42 Å². The van der Waals surface area contributed by atoms with Gasteiger partial charge in [-0.2, -0.15) is 11.8 Å². The van der Waals surface area contributed by atoms with Crippen molar-refractivity contribution in [2.24, 2.45) is 0 Å². The van der Waals surface area contributed by atoms with Crippen molar-refractivity contribution >= 4 is 21.6 Å². The van der Waals surface area contributed by atoms with Gasteiger partial charge in [0.1, 0.15) is 5.37 Å². The normalized spacial score (nSPS) is 25.6. The number of β-amino-alcohol motifs (C(OH)–C–C–N with tert-alkyl or cyclic N) is 1. The third-order valence-electron chi connectivity index (χ3n) is 2.49. The van der Waals surface area contributed by atoms with E-state index in [1.165, 1.54) is 13.4 Å². The fourth-order valence-electron chi connectivity index (χ4n) is 1.73. The summed E-state index contributed by atoms with van der Waals surface area (Å²) in [4.78, 5) is 1.83. The van der Waals surface area contributed by atoms with Gasteiger partial charge in [0.15, 0.2) is 9.84 Å². The van der Waals surface area contributed by atoms with Gasteiger partial charge in [-0.05, 0) is 0 Å². The van der Waals surface area contributed by atoms with E-state index in [-0.39, 0.29) is 6.61 Å². The zero-order chi connectivity index (χ0) is 12.2. The van der Waals surface area contributed by atoms with Gasteiger partial charge in [0, 0.05) is 38.0 Å². The molecular weight excluding hydrogens is 250 g/mol. The van der Waals surface area contributed by atoms with E-state index >= 15 is 0 Å². The van der Waals surface area contributed by atoms with Crippen molar-refractivity contribution in [3.63, 3.8) is 0 Å². The van der Waals surface area contributed by atoms with E-state index in [0.717, 1.165) is 5.75 Å². The van der Waals surface area contributed by atoms with Gasteiger partial charge in [-0.3, -0.25) is 4.90 Å². The van der Waals surface area contributed by atoms with Crippen LogP contribution in [0.3, 0.4) is 0 Å². The van der Waals surface area contributed by atoms with Crippen LogP contribution in [-0.4, -0.2) is 74.5 Å². The van der Waals surface area contributed by atoms with Gasteiger partial charge in [0.25, 0.3) is 0 Å². The minimum Gasteiger partial charge on any atom is -0.389 e. The lowest BCUT2D eigenvalue weighted by atomic mass is 10.3. The lowest BCUT2D eigenvalue weighted by molar-refractivity contribution is 0.0368. The second-order valence-corrected chi connectivity index (χ2v) is 7.32. The highest BCUT2D eigenvalue weighted by molar-refractivity contribution is 8.00. The van der Waals surface area contributed by atoms with Crippen molar-refractivity contribution in [2.45, 2.75) is 11.5 Å². The lowest BCUT2D eigenvalue weighted by Crippen LogP contribution is -2.50. The minimum absolute atomic E-state index is 0.236. The molecule has 0 radical (unpaired) electrons. The predicted molar refractivity (Wildman–Crippen MR) is 65.4 cm³/mol. The van der Waals surface area contributed by atoms with E-state index in [4.69, 9.17) is 4.74 Å². The molecular formula is C9H19NO4S2. The second kappa shape index (κ2) is 6.20. The molecule has 96 valence electrons. The van der Waals surface area contributed by atoms with Crippen molar-refractivity contribution in [3.8, 4) is 0 Å². The van der Waals surface area contributed by atoms with Crippen LogP contribution in [-0.2, 0) is 14.6 Å². The van der Waals surface area contributed by atoms with E-state index in [2.05, 4.69) is 0 Å². The molecule has 7 heteroatoms. The third kappa shape index (κ3) is 4.21. The van der Waals surface area contributed by atoms with Crippen LogP contribution < -0.4 is 0 Å². The lowest BCUT2D eigenvalue weighted by Gasteiger charge is -2.35. The SMILES string of the molecule is COCC(O)CN1CCSCC1S(C)(=O)=O. The number of hydrogen-bond acceptors (Lipinski definition) is 6. The summed E-state index contributed by atoms with van der Waals surface area (Å²) in [6.45, 7) is 1.29. The zero-order valence-electron chi connectivity index (χ0n) is 9.63. The summed E-state index contributed by atoms with van der Waals surface area (Å²) >= 11 is 1.64. The third-order valence-corrected chi connectivity index (χ3v) is 5.18. The molecule has 1 aliphatic rings. The Balaban J connectivity index is 2.61. The summed E-state index contributed by atoms with van der Waals surface area (Å²) in [5.74, 6) is 1.49. The Morgan fingerprint density at radius 2 is 2.31 bits per heavy atom. The predicted octanol–water partition coefficient (Wildman–Crippen LogP) is -0.587. The Hall–Kier alpha value is 0.180. The molecule has 0 aromatic rings. The molecule has 0 aromatic carbocycles. The first-order valence-electron chi connectivity index (χ1n) is 5.13. The number of thioether (sulfide) groups is 1. The molecule has 0 bridgehead atoms. The highest BCUT2D eigenvalue weighted by Crippen LogP contribution is 2.20. The summed E-state index contributed by atoms with van der Waals surface area (Å²) in [6.07, 6.45) is 0.622. The molecule has 1 heterocycles. The Labute approximate surface area is 101 Å². The van der Waals surface area contributed by atoms with Crippen molar-refractivity contribution < 1.29 is 18.3 Å². The summed E-state index contributed by atoms with van der Waals surface area (Å²) in [7, 11) is -1.57. The standard InChI is InChI=1S/C9H19NO4S2/c1-14-6-8(11)5-10-3-4-15-7-9(10)16(2,12)13/h8-9,11H,3-7H2,1-2H3. The maximum absolute atomic E-state index is 11.6. The van der Waals surface area contributed by atoms with E-state index in [0.29, 0.717) is 18.8 Å².